The van der Waals surface area contributed by atoms with E-state index in [1.54, 1.807) is 0 Å². The molecule has 58 heavy (non-hydrogen) atoms. The van der Waals surface area contributed by atoms with Crippen molar-refractivity contribution in [3.05, 3.63) is 216 Å². The SMILES string of the molecule is CC1(c2ccccc2)C=CC(c2ccc(N(c3ccc(-c4ccccc4)c4c3-c3ccccc3C4(C)C)c3cc4oc5ccccc5c4c4ccccc34)cc2)=CC1. The van der Waals surface area contributed by atoms with Gasteiger partial charge in [0, 0.05) is 44.3 Å². The molecule has 1 heterocycles. The highest BCUT2D eigenvalue weighted by Crippen LogP contribution is 2.58. The van der Waals surface area contributed by atoms with Gasteiger partial charge < -0.3 is 9.32 Å². The van der Waals surface area contributed by atoms with Crippen LogP contribution < -0.4 is 4.90 Å². The van der Waals surface area contributed by atoms with E-state index < -0.39 is 0 Å². The van der Waals surface area contributed by atoms with Crippen molar-refractivity contribution < 1.29 is 4.42 Å². The van der Waals surface area contributed by atoms with E-state index in [9.17, 15) is 0 Å². The van der Waals surface area contributed by atoms with Crippen molar-refractivity contribution in [2.24, 2.45) is 0 Å². The number of nitrogens with zero attached hydrogens (tertiary/aromatic N) is 1. The minimum absolute atomic E-state index is 0.0196. The maximum Gasteiger partial charge on any atom is 0.138 e. The van der Waals surface area contributed by atoms with Crippen molar-refractivity contribution in [2.75, 3.05) is 4.90 Å². The molecule has 2 heteroatoms. The lowest BCUT2D eigenvalue weighted by atomic mass is 9.75. The molecular formula is C56H43NO. The van der Waals surface area contributed by atoms with Crippen LogP contribution in [0, 0.1) is 0 Å². The summed E-state index contributed by atoms with van der Waals surface area (Å²) < 4.78 is 6.69. The van der Waals surface area contributed by atoms with E-state index >= 15 is 0 Å². The van der Waals surface area contributed by atoms with E-state index in [2.05, 4.69) is 220 Å². The molecule has 0 radical (unpaired) electrons. The highest BCUT2D eigenvalue weighted by atomic mass is 16.3. The lowest BCUT2D eigenvalue weighted by Crippen LogP contribution is -2.20. The number of hydrogen-bond acceptors (Lipinski definition) is 2. The first-order valence-corrected chi connectivity index (χ1v) is 20.4. The van der Waals surface area contributed by atoms with Crippen molar-refractivity contribution in [3.8, 4) is 22.3 Å². The Bertz CT molecular complexity index is 3110. The molecule has 1 aromatic heterocycles. The molecule has 0 aliphatic heterocycles. The fraction of sp³-hybridized carbons (Fsp3) is 0.107. The van der Waals surface area contributed by atoms with Crippen molar-refractivity contribution in [2.45, 2.75) is 38.0 Å². The Kier molecular flexibility index (Phi) is 7.75. The van der Waals surface area contributed by atoms with Crippen LogP contribution in [0.5, 0.6) is 0 Å². The predicted molar refractivity (Wildman–Crippen MR) is 244 cm³/mol. The molecule has 0 saturated heterocycles. The van der Waals surface area contributed by atoms with Crippen LogP contribution >= 0.6 is 0 Å². The van der Waals surface area contributed by atoms with Crippen molar-refractivity contribution >= 4 is 55.3 Å². The lowest BCUT2D eigenvalue weighted by molar-refractivity contribution is 0.601. The number of anilines is 3. The van der Waals surface area contributed by atoms with Gasteiger partial charge in [0.2, 0.25) is 0 Å². The number of furan rings is 1. The van der Waals surface area contributed by atoms with E-state index in [0.717, 1.165) is 45.4 Å². The number of fused-ring (bicyclic) bond motifs is 8. The third-order valence-electron chi connectivity index (χ3n) is 12.9. The van der Waals surface area contributed by atoms with E-state index in [4.69, 9.17) is 4.42 Å². The summed E-state index contributed by atoms with van der Waals surface area (Å²) in [6.45, 7) is 7.10. The second-order valence-electron chi connectivity index (χ2n) is 16.7. The van der Waals surface area contributed by atoms with Crippen LogP contribution in [-0.4, -0.2) is 0 Å². The largest absolute Gasteiger partial charge is 0.456 e. The second kappa shape index (κ2) is 13.1. The summed E-state index contributed by atoms with van der Waals surface area (Å²) in [5, 5.41) is 4.64. The molecule has 8 aromatic carbocycles. The Morgan fingerprint density at radius 2 is 1.21 bits per heavy atom. The Balaban J connectivity index is 1.14. The fourth-order valence-corrected chi connectivity index (χ4v) is 9.88. The Morgan fingerprint density at radius 1 is 0.534 bits per heavy atom. The average molecular weight is 746 g/mol. The molecule has 11 rings (SSSR count). The van der Waals surface area contributed by atoms with Crippen LogP contribution in [0.15, 0.2) is 199 Å². The first kappa shape index (κ1) is 34.4. The summed E-state index contributed by atoms with van der Waals surface area (Å²) in [5.41, 5.74) is 16.4. The zero-order valence-corrected chi connectivity index (χ0v) is 33.0. The van der Waals surface area contributed by atoms with E-state index in [1.165, 1.54) is 60.9 Å². The minimum Gasteiger partial charge on any atom is -0.456 e. The summed E-state index contributed by atoms with van der Waals surface area (Å²) in [6.07, 6.45) is 8.04. The third-order valence-corrected chi connectivity index (χ3v) is 12.9. The van der Waals surface area contributed by atoms with Gasteiger partial charge in [-0.1, -0.05) is 185 Å². The van der Waals surface area contributed by atoms with Gasteiger partial charge in [-0.25, -0.2) is 0 Å². The van der Waals surface area contributed by atoms with Gasteiger partial charge in [0.25, 0.3) is 0 Å². The monoisotopic (exact) mass is 745 g/mol. The van der Waals surface area contributed by atoms with Crippen LogP contribution in [0.1, 0.15) is 49.4 Å². The van der Waals surface area contributed by atoms with Gasteiger partial charge in [0.1, 0.15) is 11.2 Å². The van der Waals surface area contributed by atoms with Gasteiger partial charge >= 0.3 is 0 Å². The van der Waals surface area contributed by atoms with E-state index in [0.29, 0.717) is 0 Å². The molecule has 0 bridgehead atoms. The normalized spacial score (nSPS) is 16.7. The molecule has 0 amide bonds. The van der Waals surface area contributed by atoms with Gasteiger partial charge in [-0.2, -0.15) is 0 Å². The smallest absolute Gasteiger partial charge is 0.138 e. The number of para-hydroxylation sites is 1. The average Bonchev–Trinajstić information content (AvgIpc) is 3.77. The molecule has 0 spiro atoms. The van der Waals surface area contributed by atoms with Crippen molar-refractivity contribution in [1.29, 1.82) is 0 Å². The molecule has 2 aliphatic carbocycles. The quantitative estimate of drug-likeness (QED) is 0.169. The van der Waals surface area contributed by atoms with Crippen LogP contribution in [0.25, 0.3) is 60.5 Å². The molecule has 1 atom stereocenters. The zero-order chi connectivity index (χ0) is 39.0. The predicted octanol–water partition coefficient (Wildman–Crippen LogP) is 15.5. The molecular weight excluding hydrogens is 703 g/mol. The number of benzene rings is 8. The number of rotatable bonds is 6. The van der Waals surface area contributed by atoms with Gasteiger partial charge in [-0.05, 0) is 80.6 Å². The molecule has 278 valence electrons. The highest BCUT2D eigenvalue weighted by Gasteiger charge is 2.40. The van der Waals surface area contributed by atoms with Crippen LogP contribution in [0.3, 0.4) is 0 Å². The van der Waals surface area contributed by atoms with Gasteiger partial charge in [0.15, 0.2) is 0 Å². The zero-order valence-electron chi connectivity index (χ0n) is 33.0. The fourth-order valence-electron chi connectivity index (χ4n) is 9.88. The molecule has 0 fully saturated rings. The standard InChI is InChI=1S/C56H43NO/c1-55(2)47-24-14-12-22-45(47)53-48(31-30-42(54(53)55)39-16-6-4-7-17-39)57(49-36-51-52(44-21-11-10-20-43(44)49)46-23-13-15-25-50(46)58-51)41-28-26-37(27-29-41)38-32-34-56(3,35-33-38)40-18-8-5-9-19-40/h4-34,36H,35H2,1-3H3. The topological polar surface area (TPSA) is 16.4 Å². The summed E-state index contributed by atoms with van der Waals surface area (Å²) in [7, 11) is 0. The first-order valence-electron chi connectivity index (χ1n) is 20.4. The van der Waals surface area contributed by atoms with Crippen molar-refractivity contribution in [3.63, 3.8) is 0 Å². The Morgan fingerprint density at radius 3 is 1.97 bits per heavy atom. The van der Waals surface area contributed by atoms with Gasteiger partial charge in [-0.15, -0.1) is 0 Å². The molecule has 1 unspecified atom stereocenters. The first-order chi connectivity index (χ1) is 28.4. The number of allylic oxidation sites excluding steroid dienone is 4. The Hall–Kier alpha value is -6.90. The third kappa shape index (κ3) is 5.25. The molecule has 0 N–H and O–H groups in total. The maximum atomic E-state index is 6.69. The number of hydrogen-bond donors (Lipinski definition) is 0. The van der Waals surface area contributed by atoms with Crippen LogP contribution in [0.2, 0.25) is 0 Å². The lowest BCUT2D eigenvalue weighted by Gasteiger charge is -2.31. The minimum atomic E-state index is -0.221. The summed E-state index contributed by atoms with van der Waals surface area (Å²) >= 11 is 0. The summed E-state index contributed by atoms with van der Waals surface area (Å²) in [6, 6.07) is 64.1. The van der Waals surface area contributed by atoms with Gasteiger partial charge in [0.05, 0.1) is 11.4 Å². The highest BCUT2D eigenvalue weighted by molar-refractivity contribution is 6.22. The van der Waals surface area contributed by atoms with Gasteiger partial charge in [-0.3, -0.25) is 0 Å². The molecule has 9 aromatic rings. The molecule has 2 nitrogen and oxygen atoms in total. The summed E-state index contributed by atoms with van der Waals surface area (Å²) in [5.74, 6) is 0. The van der Waals surface area contributed by atoms with Crippen molar-refractivity contribution in [1.82, 2.24) is 0 Å². The Labute approximate surface area is 340 Å². The molecule has 0 saturated carbocycles. The van der Waals surface area contributed by atoms with Crippen LogP contribution in [0.4, 0.5) is 17.1 Å². The summed E-state index contributed by atoms with van der Waals surface area (Å²) in [4.78, 5) is 2.49. The maximum absolute atomic E-state index is 6.69. The van der Waals surface area contributed by atoms with Crippen LogP contribution in [-0.2, 0) is 10.8 Å². The van der Waals surface area contributed by atoms with E-state index in [1.807, 2.05) is 0 Å². The van der Waals surface area contributed by atoms with E-state index in [-0.39, 0.29) is 10.8 Å². The second-order valence-corrected chi connectivity index (χ2v) is 16.7. The molecule has 2 aliphatic rings.